The molecule has 9 heteroatoms. The van der Waals surface area contributed by atoms with Gasteiger partial charge in [0.15, 0.2) is 6.04 Å². The van der Waals surface area contributed by atoms with Crippen LogP contribution in [-0.2, 0) is 30.3 Å². The molecule has 1 N–H and O–H groups in total. The second-order valence-electron chi connectivity index (χ2n) is 9.48. The zero-order chi connectivity index (χ0) is 23.4. The summed E-state index contributed by atoms with van der Waals surface area (Å²) in [5, 5.41) is 2.50. The number of rotatable bonds is 7. The molecule has 1 aromatic rings. The molecule has 1 atom stereocenters. The van der Waals surface area contributed by atoms with Crippen LogP contribution in [0, 0.1) is 5.41 Å². The Morgan fingerprint density at radius 1 is 1.16 bits per heavy atom. The number of nitrogens with one attached hydrogen (secondary N) is 1. The molecule has 0 unspecified atom stereocenters. The van der Waals surface area contributed by atoms with Gasteiger partial charge >= 0.3 is 18.2 Å². The zero-order valence-corrected chi connectivity index (χ0v) is 19.1. The van der Waals surface area contributed by atoms with Crippen LogP contribution < -0.4 is 5.32 Å². The molecule has 2 aliphatic rings. The van der Waals surface area contributed by atoms with Crippen LogP contribution in [0.1, 0.15) is 39.2 Å². The zero-order valence-electron chi connectivity index (χ0n) is 19.1. The Morgan fingerprint density at radius 3 is 2.41 bits per heavy atom. The number of nitrogens with zero attached hydrogens (tertiary/aromatic N) is 1. The van der Waals surface area contributed by atoms with Gasteiger partial charge in [-0.1, -0.05) is 30.3 Å². The maximum absolute atomic E-state index is 12.1. The van der Waals surface area contributed by atoms with Crippen LogP contribution in [-0.4, -0.2) is 67.6 Å². The van der Waals surface area contributed by atoms with E-state index in [9.17, 15) is 14.4 Å². The quantitative estimate of drug-likeness (QED) is 0.505. The highest BCUT2D eigenvalue weighted by atomic mass is 16.6. The number of carbonyl (C=O) groups is 3. The number of esters is 1. The van der Waals surface area contributed by atoms with Crippen LogP contribution >= 0.6 is 0 Å². The third-order valence-electron chi connectivity index (χ3n) is 5.51. The van der Waals surface area contributed by atoms with E-state index in [4.69, 9.17) is 18.9 Å². The van der Waals surface area contributed by atoms with Crippen molar-refractivity contribution in [3.05, 3.63) is 35.9 Å². The first-order valence-electron chi connectivity index (χ1n) is 10.7. The van der Waals surface area contributed by atoms with Crippen LogP contribution in [0.4, 0.5) is 9.59 Å². The smallest absolute Gasteiger partial charge is 0.410 e. The first-order valence-corrected chi connectivity index (χ1v) is 10.7. The maximum Gasteiger partial charge on any atom is 0.410 e. The van der Waals surface area contributed by atoms with Gasteiger partial charge in [-0.15, -0.1) is 0 Å². The molecule has 1 aliphatic carbocycles. The van der Waals surface area contributed by atoms with E-state index < -0.39 is 23.7 Å². The van der Waals surface area contributed by atoms with Crippen molar-refractivity contribution in [2.75, 3.05) is 26.8 Å². The van der Waals surface area contributed by atoms with Gasteiger partial charge in [-0.25, -0.2) is 14.4 Å². The maximum atomic E-state index is 12.1. The van der Waals surface area contributed by atoms with Crippen molar-refractivity contribution in [1.29, 1.82) is 0 Å². The minimum Gasteiger partial charge on any atom is -0.467 e. The SMILES string of the molecule is COC(=O)[C@H](COC1CC2(C1)CN(C(=O)OC(C)(C)C)C2)NC(=O)OCc1ccccc1. The minimum absolute atomic E-state index is 0.0103. The molecule has 1 saturated heterocycles. The Bertz CT molecular complexity index is 807. The number of hydrogen-bond donors (Lipinski definition) is 1. The normalized spacial score (nSPS) is 18.2. The average molecular weight is 449 g/mol. The van der Waals surface area contributed by atoms with Gasteiger partial charge in [-0.2, -0.15) is 0 Å². The standard InChI is InChI=1S/C23H32N2O7/c1-22(2,3)32-21(28)25-14-23(15-25)10-17(11-23)30-13-18(19(26)29-4)24-20(27)31-12-16-8-6-5-7-9-16/h5-9,17-18H,10-15H2,1-4H3,(H,24,27)/t18-/m0/s1. The third kappa shape index (κ3) is 6.35. The predicted octanol–water partition coefficient (Wildman–Crippen LogP) is 2.87. The number of likely N-dealkylation sites (tertiary alicyclic amines) is 1. The summed E-state index contributed by atoms with van der Waals surface area (Å²) in [5.41, 5.74) is 0.391. The number of amides is 2. The van der Waals surface area contributed by atoms with Crippen LogP contribution in [0.25, 0.3) is 0 Å². The molecule has 3 rings (SSSR count). The van der Waals surface area contributed by atoms with Gasteiger partial charge in [0.25, 0.3) is 0 Å². The Kier molecular flexibility index (Phi) is 7.28. The lowest BCUT2D eigenvalue weighted by atomic mass is 9.62. The van der Waals surface area contributed by atoms with Crippen molar-refractivity contribution in [2.24, 2.45) is 5.41 Å². The second-order valence-corrected chi connectivity index (χ2v) is 9.48. The van der Waals surface area contributed by atoms with Crippen molar-refractivity contribution in [1.82, 2.24) is 10.2 Å². The molecule has 1 saturated carbocycles. The summed E-state index contributed by atoms with van der Waals surface area (Å²) in [6.07, 6.45) is 0.531. The second kappa shape index (κ2) is 9.77. The summed E-state index contributed by atoms with van der Waals surface area (Å²) >= 11 is 0. The molecule has 2 fully saturated rings. The summed E-state index contributed by atoms with van der Waals surface area (Å²) < 4.78 is 21.1. The van der Waals surface area contributed by atoms with Crippen molar-refractivity contribution in [3.63, 3.8) is 0 Å². The van der Waals surface area contributed by atoms with E-state index in [1.165, 1.54) is 7.11 Å². The molecule has 0 aromatic heterocycles. The molecule has 176 valence electrons. The summed E-state index contributed by atoms with van der Waals surface area (Å²) in [4.78, 5) is 37.9. The van der Waals surface area contributed by atoms with Crippen LogP contribution in [0.15, 0.2) is 30.3 Å². The molecule has 32 heavy (non-hydrogen) atoms. The third-order valence-corrected chi connectivity index (χ3v) is 5.51. The van der Waals surface area contributed by atoms with Crippen molar-refractivity contribution >= 4 is 18.2 Å². The number of methoxy groups -OCH3 is 1. The highest BCUT2D eigenvalue weighted by Gasteiger charge is 2.55. The number of benzene rings is 1. The van der Waals surface area contributed by atoms with Gasteiger partial charge in [-0.05, 0) is 39.2 Å². The topological polar surface area (TPSA) is 103 Å². The lowest BCUT2D eigenvalue weighted by molar-refractivity contribution is -0.159. The monoisotopic (exact) mass is 448 g/mol. The van der Waals surface area contributed by atoms with Gasteiger partial charge in [-0.3, -0.25) is 0 Å². The fourth-order valence-corrected chi connectivity index (χ4v) is 3.95. The average Bonchev–Trinajstić information content (AvgIpc) is 2.67. The molecule has 2 amide bonds. The lowest BCUT2D eigenvalue weighted by Crippen LogP contribution is -2.66. The van der Waals surface area contributed by atoms with Crippen molar-refractivity contribution < 1.29 is 33.3 Å². The molecule has 0 radical (unpaired) electrons. The molecule has 9 nitrogen and oxygen atoms in total. The minimum atomic E-state index is -0.959. The fourth-order valence-electron chi connectivity index (χ4n) is 3.95. The predicted molar refractivity (Wildman–Crippen MR) is 115 cm³/mol. The molecule has 1 aliphatic heterocycles. The Morgan fingerprint density at radius 2 is 1.81 bits per heavy atom. The Hall–Kier alpha value is -2.81. The van der Waals surface area contributed by atoms with Crippen LogP contribution in [0.3, 0.4) is 0 Å². The molecular weight excluding hydrogens is 416 g/mol. The van der Waals surface area contributed by atoms with Gasteiger partial charge in [0.1, 0.15) is 12.2 Å². The summed E-state index contributed by atoms with van der Waals surface area (Å²) in [5.74, 6) is -0.601. The largest absolute Gasteiger partial charge is 0.467 e. The van der Waals surface area contributed by atoms with Gasteiger partial charge in [0.2, 0.25) is 0 Å². The Labute approximate surface area is 188 Å². The molecule has 1 spiro atoms. The highest BCUT2D eigenvalue weighted by molar-refractivity contribution is 5.81. The lowest BCUT2D eigenvalue weighted by Gasteiger charge is -2.58. The fraction of sp³-hybridized carbons (Fsp3) is 0.609. The first kappa shape index (κ1) is 23.8. The van der Waals surface area contributed by atoms with Crippen molar-refractivity contribution in [2.45, 2.75) is 58.0 Å². The first-order chi connectivity index (χ1) is 15.1. The molecule has 0 bridgehead atoms. The van der Waals surface area contributed by atoms with Crippen LogP contribution in [0.5, 0.6) is 0 Å². The van der Waals surface area contributed by atoms with Gasteiger partial charge in [0.05, 0.1) is 19.8 Å². The van der Waals surface area contributed by atoms with E-state index >= 15 is 0 Å². The highest BCUT2D eigenvalue weighted by Crippen LogP contribution is 2.49. The summed E-state index contributed by atoms with van der Waals surface area (Å²) in [6.45, 7) is 6.91. The number of carbonyl (C=O) groups excluding carboxylic acids is 3. The van der Waals surface area contributed by atoms with E-state index in [0.29, 0.717) is 13.1 Å². The van der Waals surface area contributed by atoms with Crippen molar-refractivity contribution in [3.8, 4) is 0 Å². The van der Waals surface area contributed by atoms with E-state index in [-0.39, 0.29) is 30.8 Å². The summed E-state index contributed by atoms with van der Waals surface area (Å²) in [6, 6.07) is 8.29. The van der Waals surface area contributed by atoms with Gasteiger partial charge in [0, 0.05) is 18.5 Å². The number of ether oxygens (including phenoxy) is 4. The van der Waals surface area contributed by atoms with Crippen LogP contribution in [0.2, 0.25) is 0 Å². The number of alkyl carbamates (subject to hydrolysis) is 1. The van der Waals surface area contributed by atoms with E-state index in [1.807, 2.05) is 51.1 Å². The molecule has 1 heterocycles. The van der Waals surface area contributed by atoms with Gasteiger partial charge < -0.3 is 29.2 Å². The molecule has 1 aromatic carbocycles. The summed E-state index contributed by atoms with van der Waals surface area (Å²) in [7, 11) is 1.25. The molecular formula is C23H32N2O7. The van der Waals surface area contributed by atoms with E-state index in [2.05, 4.69) is 5.32 Å². The Balaban J connectivity index is 1.38. The number of hydrogen-bond acceptors (Lipinski definition) is 7. The van der Waals surface area contributed by atoms with E-state index in [1.54, 1.807) is 4.90 Å². The van der Waals surface area contributed by atoms with E-state index in [0.717, 1.165) is 18.4 Å².